The molecule has 0 saturated heterocycles. The van der Waals surface area contributed by atoms with E-state index in [1.54, 1.807) is 0 Å². The third-order valence-electron chi connectivity index (χ3n) is 2.55. The summed E-state index contributed by atoms with van der Waals surface area (Å²) in [6, 6.07) is 4.98. The van der Waals surface area contributed by atoms with Crippen LogP contribution in [0, 0.1) is 5.82 Å². The van der Waals surface area contributed by atoms with E-state index in [2.05, 4.69) is 15.4 Å². The van der Waals surface area contributed by atoms with Crippen molar-refractivity contribution < 1.29 is 31.9 Å². The average Bonchev–Trinajstić information content (AvgIpc) is 2.47. The Kier molecular flexibility index (Phi) is 7.46. The highest BCUT2D eigenvalue weighted by Crippen LogP contribution is 2.14. The van der Waals surface area contributed by atoms with Crippen LogP contribution in [0.25, 0.3) is 0 Å². The van der Waals surface area contributed by atoms with E-state index in [9.17, 15) is 27.2 Å². The van der Waals surface area contributed by atoms with Gasteiger partial charge in [-0.05, 0) is 24.6 Å². The van der Waals surface area contributed by atoms with Crippen LogP contribution in [0.1, 0.15) is 16.8 Å². The molecule has 2 N–H and O–H groups in total. The summed E-state index contributed by atoms with van der Waals surface area (Å²) >= 11 is 0. The summed E-state index contributed by atoms with van der Waals surface area (Å²) in [5, 5.41) is 4.71. The second-order valence-corrected chi connectivity index (χ2v) is 4.56. The fraction of sp³-hybridized carbons (Fsp3) is 0.429. The van der Waals surface area contributed by atoms with Gasteiger partial charge in [0.1, 0.15) is 12.4 Å². The Hall–Kier alpha value is -2.16. The first-order chi connectivity index (χ1) is 10.8. The second kappa shape index (κ2) is 9.09. The number of hydrogen-bond acceptors (Lipinski definition) is 3. The minimum Gasteiger partial charge on any atom is -0.372 e. The lowest BCUT2D eigenvalue weighted by atomic mass is 10.2. The van der Waals surface area contributed by atoms with Gasteiger partial charge >= 0.3 is 6.18 Å². The highest BCUT2D eigenvalue weighted by atomic mass is 19.4. The predicted octanol–water partition coefficient (Wildman–Crippen LogP) is 1.64. The van der Waals surface area contributed by atoms with Crippen LogP contribution in [0.4, 0.5) is 17.6 Å². The lowest BCUT2D eigenvalue weighted by molar-refractivity contribution is -0.174. The van der Waals surface area contributed by atoms with Crippen molar-refractivity contribution in [3.63, 3.8) is 0 Å². The first-order valence-electron chi connectivity index (χ1n) is 6.73. The van der Waals surface area contributed by atoms with Crippen molar-refractivity contribution in [3.05, 3.63) is 35.6 Å². The lowest BCUT2D eigenvalue weighted by Crippen LogP contribution is -2.37. The molecular formula is C14H16F4N2O3. The zero-order valence-corrected chi connectivity index (χ0v) is 12.1. The topological polar surface area (TPSA) is 67.4 Å². The maximum absolute atomic E-state index is 12.9. The van der Waals surface area contributed by atoms with Gasteiger partial charge < -0.3 is 15.4 Å². The molecule has 0 atom stereocenters. The number of alkyl halides is 3. The fourth-order valence-electron chi connectivity index (χ4n) is 1.54. The Morgan fingerprint density at radius 2 is 1.91 bits per heavy atom. The molecule has 0 unspecified atom stereocenters. The SMILES string of the molecule is O=C(CNC(=O)c1cccc(F)c1)NCCCOCC(F)(F)F. The number of benzene rings is 1. The van der Waals surface area contributed by atoms with Crippen LogP contribution < -0.4 is 10.6 Å². The largest absolute Gasteiger partial charge is 0.411 e. The summed E-state index contributed by atoms with van der Waals surface area (Å²) in [5.41, 5.74) is 0.0818. The van der Waals surface area contributed by atoms with Gasteiger partial charge in [-0.25, -0.2) is 4.39 Å². The number of rotatable bonds is 8. The van der Waals surface area contributed by atoms with Gasteiger partial charge in [-0.1, -0.05) is 6.07 Å². The van der Waals surface area contributed by atoms with E-state index in [4.69, 9.17) is 0 Å². The molecule has 0 aliphatic carbocycles. The molecule has 5 nitrogen and oxygen atoms in total. The van der Waals surface area contributed by atoms with E-state index in [1.165, 1.54) is 18.2 Å². The van der Waals surface area contributed by atoms with Gasteiger partial charge in [0.05, 0.1) is 6.54 Å². The molecule has 1 aromatic rings. The zero-order valence-electron chi connectivity index (χ0n) is 12.1. The number of nitrogens with one attached hydrogen (secondary N) is 2. The van der Waals surface area contributed by atoms with Crippen molar-refractivity contribution in [1.29, 1.82) is 0 Å². The van der Waals surface area contributed by atoms with E-state index in [0.29, 0.717) is 0 Å². The van der Waals surface area contributed by atoms with E-state index in [0.717, 1.165) is 6.07 Å². The Morgan fingerprint density at radius 1 is 1.17 bits per heavy atom. The normalized spacial score (nSPS) is 11.1. The van der Waals surface area contributed by atoms with Gasteiger partial charge in [0.2, 0.25) is 5.91 Å². The van der Waals surface area contributed by atoms with Gasteiger partial charge in [-0.15, -0.1) is 0 Å². The second-order valence-electron chi connectivity index (χ2n) is 4.56. The Labute approximate surface area is 130 Å². The van der Waals surface area contributed by atoms with Crippen LogP contribution in [0.5, 0.6) is 0 Å². The maximum atomic E-state index is 12.9. The number of halogens is 4. The molecule has 23 heavy (non-hydrogen) atoms. The van der Waals surface area contributed by atoms with E-state index in [-0.39, 0.29) is 31.7 Å². The Bertz CT molecular complexity index is 535. The van der Waals surface area contributed by atoms with Gasteiger partial charge in [-0.2, -0.15) is 13.2 Å². The molecule has 0 bridgehead atoms. The monoisotopic (exact) mass is 336 g/mol. The molecule has 2 amide bonds. The van der Waals surface area contributed by atoms with Crippen molar-refractivity contribution in [2.75, 3.05) is 26.3 Å². The van der Waals surface area contributed by atoms with Gasteiger partial charge in [0.15, 0.2) is 0 Å². The van der Waals surface area contributed by atoms with Crippen molar-refractivity contribution in [2.45, 2.75) is 12.6 Å². The van der Waals surface area contributed by atoms with E-state index >= 15 is 0 Å². The highest BCUT2D eigenvalue weighted by Gasteiger charge is 2.27. The van der Waals surface area contributed by atoms with E-state index < -0.39 is 30.4 Å². The van der Waals surface area contributed by atoms with Crippen molar-refractivity contribution in [3.8, 4) is 0 Å². The molecule has 0 radical (unpaired) electrons. The molecule has 0 heterocycles. The maximum Gasteiger partial charge on any atom is 0.411 e. The van der Waals surface area contributed by atoms with Gasteiger partial charge in [0.25, 0.3) is 5.91 Å². The number of hydrogen-bond donors (Lipinski definition) is 2. The Morgan fingerprint density at radius 3 is 2.57 bits per heavy atom. The van der Waals surface area contributed by atoms with Crippen LogP contribution in [-0.4, -0.2) is 44.3 Å². The van der Waals surface area contributed by atoms with Crippen molar-refractivity contribution in [1.82, 2.24) is 10.6 Å². The number of amides is 2. The van der Waals surface area contributed by atoms with Crippen LogP contribution in [0.2, 0.25) is 0 Å². The summed E-state index contributed by atoms with van der Waals surface area (Å²) in [5.74, 6) is -1.68. The van der Waals surface area contributed by atoms with Crippen molar-refractivity contribution in [2.24, 2.45) is 0 Å². The molecule has 0 aliphatic heterocycles. The molecule has 0 fully saturated rings. The summed E-state index contributed by atoms with van der Waals surface area (Å²) in [7, 11) is 0. The standard InChI is InChI=1S/C14H16F4N2O3/c15-11-4-1-3-10(7-11)13(22)20-8-12(21)19-5-2-6-23-9-14(16,17)18/h1,3-4,7H,2,5-6,8-9H2,(H,19,21)(H,20,22). The molecule has 1 rings (SSSR count). The van der Waals surface area contributed by atoms with Crippen LogP contribution >= 0.6 is 0 Å². The number of ether oxygens (including phenoxy) is 1. The molecule has 9 heteroatoms. The molecular weight excluding hydrogens is 320 g/mol. The highest BCUT2D eigenvalue weighted by molar-refractivity contribution is 5.96. The number of carbonyl (C=O) groups excluding carboxylic acids is 2. The van der Waals surface area contributed by atoms with Crippen LogP contribution in [0.15, 0.2) is 24.3 Å². The minimum atomic E-state index is -4.37. The van der Waals surface area contributed by atoms with E-state index in [1.807, 2.05) is 0 Å². The lowest BCUT2D eigenvalue weighted by Gasteiger charge is -2.09. The fourth-order valence-corrected chi connectivity index (χ4v) is 1.54. The summed E-state index contributed by atoms with van der Waals surface area (Å²) in [4.78, 5) is 23.0. The first-order valence-corrected chi connectivity index (χ1v) is 6.73. The zero-order chi connectivity index (χ0) is 17.3. The molecule has 0 aliphatic rings. The molecule has 0 spiro atoms. The third kappa shape index (κ3) is 8.77. The van der Waals surface area contributed by atoms with Crippen LogP contribution in [0.3, 0.4) is 0 Å². The molecule has 1 aromatic carbocycles. The number of carbonyl (C=O) groups is 2. The van der Waals surface area contributed by atoms with Gasteiger partial charge in [0, 0.05) is 18.7 Å². The molecule has 128 valence electrons. The van der Waals surface area contributed by atoms with Crippen LogP contribution in [-0.2, 0) is 9.53 Å². The third-order valence-corrected chi connectivity index (χ3v) is 2.55. The predicted molar refractivity (Wildman–Crippen MR) is 73.2 cm³/mol. The quantitative estimate of drug-likeness (QED) is 0.560. The summed E-state index contributed by atoms with van der Waals surface area (Å²) in [6.07, 6.45) is -4.16. The summed E-state index contributed by atoms with van der Waals surface area (Å²) < 4.78 is 52.6. The molecule has 0 saturated carbocycles. The minimum absolute atomic E-state index is 0.0818. The molecule has 0 aromatic heterocycles. The average molecular weight is 336 g/mol. The smallest absolute Gasteiger partial charge is 0.372 e. The van der Waals surface area contributed by atoms with Crippen molar-refractivity contribution >= 4 is 11.8 Å². The first kappa shape index (κ1) is 18.9. The van der Waals surface area contributed by atoms with Gasteiger partial charge in [-0.3, -0.25) is 9.59 Å². The Balaban J connectivity index is 2.14. The summed E-state index contributed by atoms with van der Waals surface area (Å²) in [6.45, 7) is -1.68.